The molecule has 2 radical (unpaired) electrons. The Balaban J connectivity index is 0. The first-order chi connectivity index (χ1) is 13.2. The second kappa shape index (κ2) is 13.8. The number of nitrogens with zero attached hydrogens (tertiary/aromatic N) is 5. The molecule has 30 heavy (non-hydrogen) atoms. The Kier molecular flexibility index (Phi) is 14.2. The van der Waals surface area contributed by atoms with Crippen LogP contribution in [-0.2, 0) is 16.0 Å². The fraction of sp³-hybridized carbons (Fsp3) is 0.357. The van der Waals surface area contributed by atoms with Crippen molar-refractivity contribution in [1.29, 1.82) is 5.41 Å². The van der Waals surface area contributed by atoms with Gasteiger partial charge < -0.3 is 25.9 Å². The molecule has 0 spiro atoms. The largest absolute Gasteiger partial charge is 0.592 e. The number of carbonyl (C=O) groups is 2. The number of amides is 1. The van der Waals surface area contributed by atoms with E-state index >= 15 is 0 Å². The van der Waals surface area contributed by atoms with Gasteiger partial charge >= 0.3 is 11.6 Å². The monoisotopic (exact) mass is 460 g/mol. The number of carbonyl (C=O) groups excluding carboxylic acids is 1. The number of carboxylic acid groups (broad SMARTS) is 1. The van der Waals surface area contributed by atoms with E-state index in [0.29, 0.717) is 4.90 Å². The predicted octanol–water partition coefficient (Wildman–Crippen LogP) is 0.0760. The number of benzene rings is 1. The number of hydrogen-bond acceptors (Lipinski definition) is 8. The topological polar surface area (TPSA) is 199 Å². The van der Waals surface area contributed by atoms with Crippen molar-refractivity contribution in [3.05, 3.63) is 46.3 Å². The second-order valence-electron chi connectivity index (χ2n) is 5.48. The van der Waals surface area contributed by atoms with E-state index in [1.54, 1.807) is 6.07 Å². The van der Waals surface area contributed by atoms with Gasteiger partial charge in [-0.25, -0.2) is 4.79 Å². The number of amidine groups is 1. The van der Waals surface area contributed by atoms with Crippen LogP contribution in [0.25, 0.3) is 0 Å². The molecule has 0 aliphatic rings. The van der Waals surface area contributed by atoms with Gasteiger partial charge in [0.05, 0.1) is 0 Å². The maximum absolute atomic E-state index is 12.3. The van der Waals surface area contributed by atoms with E-state index < -0.39 is 51.3 Å². The van der Waals surface area contributed by atoms with Crippen molar-refractivity contribution in [1.82, 2.24) is 4.90 Å². The van der Waals surface area contributed by atoms with Crippen LogP contribution in [-0.4, -0.2) is 124 Å². The van der Waals surface area contributed by atoms with Crippen molar-refractivity contribution in [3.8, 4) is 0 Å². The van der Waals surface area contributed by atoms with Gasteiger partial charge in [0.25, 0.3) is 5.84 Å². The first-order valence-corrected chi connectivity index (χ1v) is 8.21. The minimum atomic E-state index is -2.94. The van der Waals surface area contributed by atoms with Gasteiger partial charge in [0.2, 0.25) is 16.5 Å². The van der Waals surface area contributed by atoms with Crippen molar-refractivity contribution >= 4 is 89.5 Å². The third-order valence-electron chi connectivity index (χ3n) is 3.82. The predicted molar refractivity (Wildman–Crippen MR) is 106 cm³/mol. The summed E-state index contributed by atoms with van der Waals surface area (Å²) >= 11 is 3.83. The number of hydroxylamine groups is 2. The zero-order valence-corrected chi connectivity index (χ0v) is 21.4. The molecule has 1 aromatic carbocycles. The molecular weight excluding hydrogens is 442 g/mol. The van der Waals surface area contributed by atoms with Crippen LogP contribution in [0, 0.1) is 15.8 Å². The van der Waals surface area contributed by atoms with Crippen LogP contribution in [0.4, 0.5) is 0 Å². The fourth-order valence-corrected chi connectivity index (χ4v) is 2.82. The van der Waals surface area contributed by atoms with Gasteiger partial charge in [-0.15, -0.1) is 0 Å². The summed E-state index contributed by atoms with van der Waals surface area (Å²) in [6.45, 7) is 0.900. The summed E-state index contributed by atoms with van der Waals surface area (Å²) in [6.07, 6.45) is -0.698. The van der Waals surface area contributed by atoms with E-state index in [4.69, 9.17) is 15.8 Å². The zero-order valence-electron chi connectivity index (χ0n) is 16.5. The maximum Gasteiger partial charge on any atom is 0.486 e. The van der Waals surface area contributed by atoms with E-state index in [9.17, 15) is 25.1 Å². The van der Waals surface area contributed by atoms with Crippen LogP contribution < -0.4 is 0 Å². The second-order valence-corrected chi connectivity index (χ2v) is 5.84. The van der Waals surface area contributed by atoms with Gasteiger partial charge in [-0.2, -0.15) is 12.6 Å². The summed E-state index contributed by atoms with van der Waals surface area (Å²) in [5.41, 5.74) is -2.69. The van der Waals surface area contributed by atoms with E-state index in [2.05, 4.69) is 23.2 Å². The van der Waals surface area contributed by atoms with Gasteiger partial charge in [-0.1, -0.05) is 30.3 Å². The van der Waals surface area contributed by atoms with Crippen LogP contribution in [0.2, 0.25) is 0 Å². The molecule has 0 saturated carbocycles. The molecule has 0 saturated heterocycles. The van der Waals surface area contributed by atoms with Gasteiger partial charge in [-0.05, 0) is 5.56 Å². The Bertz CT molecular complexity index is 793. The molecule has 4 N–H and O–H groups in total. The van der Waals surface area contributed by atoms with Crippen LogP contribution in [0.15, 0.2) is 40.9 Å². The molecule has 0 aromatic heterocycles. The number of aliphatic carboxylic acids is 1. The number of rotatable bonds is 8. The van der Waals surface area contributed by atoms with Gasteiger partial charge in [0.15, 0.2) is 0 Å². The summed E-state index contributed by atoms with van der Waals surface area (Å²) < 4.78 is 0. The zero-order chi connectivity index (χ0) is 21.5. The Morgan fingerprint density at radius 3 is 2.00 bits per heavy atom. The molecule has 1 aromatic rings. The number of hydrogen-bond donors (Lipinski definition) is 5. The van der Waals surface area contributed by atoms with Gasteiger partial charge in [0.1, 0.15) is 12.5 Å². The fourth-order valence-electron chi connectivity index (χ4n) is 2.50. The summed E-state index contributed by atoms with van der Waals surface area (Å²) in [4.78, 5) is 22.6. The van der Waals surface area contributed by atoms with Gasteiger partial charge in [-0.3, -0.25) is 15.1 Å². The first kappa shape index (κ1) is 30.8. The van der Waals surface area contributed by atoms with E-state index in [1.807, 2.05) is 0 Å². The van der Waals surface area contributed by atoms with Crippen molar-refractivity contribution in [3.63, 3.8) is 0 Å². The van der Waals surface area contributed by atoms with Crippen molar-refractivity contribution in [2.24, 2.45) is 10.6 Å². The van der Waals surface area contributed by atoms with Crippen molar-refractivity contribution in [2.75, 3.05) is 5.75 Å². The smallest absolute Gasteiger partial charge is 0.486 e. The SMILES string of the molecule is CC(=O)N(C(=N)C(Cc1ccccc1)(/[N+]([O-])=N/O)/[N+]([O-])=N/O)[C@@H](CS)C(=O)O.[Na].[Na]. The molecule has 0 bridgehead atoms. The Labute approximate surface area is 220 Å². The Morgan fingerprint density at radius 1 is 1.20 bits per heavy atom. The molecule has 1 amide bonds. The molecular formula is C14H18N6Na2O7S. The molecule has 1 atom stereocenters. The Morgan fingerprint density at radius 2 is 1.67 bits per heavy atom. The summed E-state index contributed by atoms with van der Waals surface area (Å²) in [5.74, 6) is -4.24. The third-order valence-corrected chi connectivity index (χ3v) is 4.16. The first-order valence-electron chi connectivity index (χ1n) is 7.58. The molecule has 0 aliphatic heterocycles. The molecule has 0 heterocycles. The number of nitrogens with one attached hydrogen (secondary N) is 1. The van der Waals surface area contributed by atoms with Crippen LogP contribution >= 0.6 is 12.6 Å². The molecule has 0 unspecified atom stereocenters. The molecule has 0 aliphatic carbocycles. The molecule has 13 nitrogen and oxygen atoms in total. The van der Waals surface area contributed by atoms with E-state index in [-0.39, 0.29) is 64.7 Å². The average Bonchev–Trinajstić information content (AvgIpc) is 2.68. The molecule has 154 valence electrons. The average molecular weight is 460 g/mol. The molecule has 1 rings (SSSR count). The molecule has 0 fully saturated rings. The van der Waals surface area contributed by atoms with Crippen LogP contribution in [0.1, 0.15) is 12.5 Å². The molecule has 16 heteroatoms. The summed E-state index contributed by atoms with van der Waals surface area (Å²) in [7, 11) is 0. The third kappa shape index (κ3) is 6.54. The minimum absolute atomic E-state index is 0. The summed E-state index contributed by atoms with van der Waals surface area (Å²) in [5, 5.41) is 64.9. The Hall–Kier alpha value is -1.42. The van der Waals surface area contributed by atoms with E-state index in [1.165, 1.54) is 24.3 Å². The summed E-state index contributed by atoms with van der Waals surface area (Å²) in [6, 6.07) is 5.86. The number of carboxylic acids is 1. The maximum atomic E-state index is 12.3. The quantitative estimate of drug-likeness (QED) is 0.0528. The standard InChI is InChI=1S/C14H18N6O7S.2Na/c1-9(21)18(11(8-28)12(22)23)13(15)14(19(26)16-24,20(27)17-25)7-10-5-3-2-4-6-10;;/h2-6,11,15,24-25,28H,7-8H2,1H3,(H,22,23);;/b15-13?,19-16-,20-17-;;/t11-;;/m0../s1. The minimum Gasteiger partial charge on any atom is -0.592 e. The van der Waals surface area contributed by atoms with Crippen LogP contribution in [0.3, 0.4) is 0 Å². The van der Waals surface area contributed by atoms with Crippen molar-refractivity contribution in [2.45, 2.75) is 25.0 Å². The normalized spacial score (nSPS) is 12.7. The number of thiol groups is 1. The van der Waals surface area contributed by atoms with Crippen molar-refractivity contribution < 1.29 is 34.8 Å². The van der Waals surface area contributed by atoms with E-state index in [0.717, 1.165) is 6.92 Å². The van der Waals surface area contributed by atoms with Crippen LogP contribution in [0.5, 0.6) is 0 Å². The van der Waals surface area contributed by atoms with Gasteiger partial charge in [0, 0.05) is 81.5 Å².